The maximum absolute atomic E-state index is 12.6. The van der Waals surface area contributed by atoms with Gasteiger partial charge in [-0.05, 0) is 44.4 Å². The van der Waals surface area contributed by atoms with Crippen molar-refractivity contribution in [2.75, 3.05) is 25.1 Å². The molecule has 6 nitrogen and oxygen atoms in total. The summed E-state index contributed by atoms with van der Waals surface area (Å²) in [6, 6.07) is 7.55. The summed E-state index contributed by atoms with van der Waals surface area (Å²) >= 11 is 0. The van der Waals surface area contributed by atoms with Gasteiger partial charge in [0.25, 0.3) is 5.91 Å². The number of amides is 1. The van der Waals surface area contributed by atoms with Crippen molar-refractivity contribution in [3.05, 3.63) is 47.3 Å². The molecule has 25 heavy (non-hydrogen) atoms. The van der Waals surface area contributed by atoms with Crippen LogP contribution in [0, 0.1) is 6.92 Å². The van der Waals surface area contributed by atoms with Crippen molar-refractivity contribution in [3.63, 3.8) is 0 Å². The van der Waals surface area contributed by atoms with Crippen LogP contribution in [-0.2, 0) is 0 Å². The number of nitrogens with one attached hydrogen (secondary N) is 1. The van der Waals surface area contributed by atoms with Crippen LogP contribution >= 0.6 is 0 Å². The van der Waals surface area contributed by atoms with Gasteiger partial charge in [0, 0.05) is 19.3 Å². The Morgan fingerprint density at radius 3 is 2.52 bits per heavy atom. The van der Waals surface area contributed by atoms with Gasteiger partial charge in [0.1, 0.15) is 5.75 Å². The van der Waals surface area contributed by atoms with Gasteiger partial charge in [0.15, 0.2) is 0 Å². The predicted molar refractivity (Wildman–Crippen MR) is 97.1 cm³/mol. The van der Waals surface area contributed by atoms with E-state index in [1.54, 1.807) is 13.3 Å². The molecule has 0 saturated carbocycles. The molecule has 0 spiro atoms. The molecular formula is C19H24N4O2. The molecule has 3 rings (SSSR count). The first kappa shape index (κ1) is 17.2. The normalized spacial score (nSPS) is 15.1. The van der Waals surface area contributed by atoms with E-state index in [9.17, 15) is 4.79 Å². The molecule has 6 heteroatoms. The third-order valence-electron chi connectivity index (χ3n) is 4.56. The maximum atomic E-state index is 12.6. The SMILES string of the molecule is COc1ccc(C(C)NC(=O)c2cnc(N3CCCC3)nc2C)cc1. The fourth-order valence-corrected chi connectivity index (χ4v) is 3.00. The second-order valence-electron chi connectivity index (χ2n) is 6.33. The first-order valence-corrected chi connectivity index (χ1v) is 8.62. The highest BCUT2D eigenvalue weighted by Crippen LogP contribution is 2.19. The number of hydrogen-bond donors (Lipinski definition) is 1. The second-order valence-corrected chi connectivity index (χ2v) is 6.33. The van der Waals surface area contributed by atoms with Gasteiger partial charge in [-0.25, -0.2) is 9.97 Å². The molecule has 2 aromatic rings. The summed E-state index contributed by atoms with van der Waals surface area (Å²) in [5.74, 6) is 1.35. The van der Waals surface area contributed by atoms with E-state index in [0.29, 0.717) is 11.3 Å². The summed E-state index contributed by atoms with van der Waals surface area (Å²) in [7, 11) is 1.63. The van der Waals surface area contributed by atoms with Crippen LogP contribution < -0.4 is 15.0 Å². The lowest BCUT2D eigenvalue weighted by atomic mass is 10.1. The molecule has 1 aliphatic rings. The van der Waals surface area contributed by atoms with Crippen LogP contribution in [0.2, 0.25) is 0 Å². The molecule has 1 aromatic carbocycles. The Morgan fingerprint density at radius 1 is 1.24 bits per heavy atom. The smallest absolute Gasteiger partial charge is 0.255 e. The van der Waals surface area contributed by atoms with Crippen molar-refractivity contribution in [1.29, 1.82) is 0 Å². The minimum Gasteiger partial charge on any atom is -0.497 e. The molecule has 1 atom stereocenters. The standard InChI is InChI=1S/C19H24N4O2/c1-13(15-6-8-16(25-3)9-7-15)21-18(24)17-12-20-19(22-14(17)2)23-10-4-5-11-23/h6-9,12-13H,4-5,10-11H2,1-3H3,(H,21,24). The van der Waals surface area contributed by atoms with Gasteiger partial charge in [-0.3, -0.25) is 4.79 Å². The molecule has 1 amide bonds. The average molecular weight is 340 g/mol. The molecule has 132 valence electrons. The fourth-order valence-electron chi connectivity index (χ4n) is 3.00. The molecule has 1 unspecified atom stereocenters. The lowest BCUT2D eigenvalue weighted by Crippen LogP contribution is -2.28. The third kappa shape index (κ3) is 3.90. The molecule has 1 fully saturated rings. The van der Waals surface area contributed by atoms with Crippen molar-refractivity contribution in [3.8, 4) is 5.75 Å². The lowest BCUT2D eigenvalue weighted by Gasteiger charge is -2.18. The van der Waals surface area contributed by atoms with Crippen LogP contribution in [0.1, 0.15) is 47.4 Å². The van der Waals surface area contributed by atoms with Crippen LogP contribution in [0.15, 0.2) is 30.5 Å². The number of carbonyl (C=O) groups is 1. The highest BCUT2D eigenvalue weighted by atomic mass is 16.5. The second kappa shape index (κ2) is 7.51. The van der Waals surface area contributed by atoms with E-state index >= 15 is 0 Å². The summed E-state index contributed by atoms with van der Waals surface area (Å²) in [5.41, 5.74) is 2.24. The zero-order valence-electron chi connectivity index (χ0n) is 15.0. The summed E-state index contributed by atoms with van der Waals surface area (Å²) in [6.45, 7) is 5.78. The number of nitrogens with zero attached hydrogens (tertiary/aromatic N) is 3. The summed E-state index contributed by atoms with van der Waals surface area (Å²) in [6.07, 6.45) is 3.97. The van der Waals surface area contributed by atoms with Crippen LogP contribution in [-0.4, -0.2) is 36.1 Å². The Bertz CT molecular complexity index is 740. The Balaban J connectivity index is 1.69. The first-order chi connectivity index (χ1) is 12.1. The number of carbonyl (C=O) groups excluding carboxylic acids is 1. The summed E-state index contributed by atoms with van der Waals surface area (Å²) in [4.78, 5) is 23.6. The number of hydrogen-bond acceptors (Lipinski definition) is 5. The van der Waals surface area contributed by atoms with Gasteiger partial charge in [-0.1, -0.05) is 12.1 Å². The van der Waals surface area contributed by atoms with E-state index in [1.807, 2.05) is 38.1 Å². The Labute approximate surface area is 148 Å². The van der Waals surface area contributed by atoms with Gasteiger partial charge < -0.3 is 15.0 Å². The Morgan fingerprint density at radius 2 is 1.92 bits per heavy atom. The minimum atomic E-state index is -0.159. The summed E-state index contributed by atoms with van der Waals surface area (Å²) in [5, 5.41) is 3.01. The van der Waals surface area contributed by atoms with Crippen molar-refractivity contribution in [2.24, 2.45) is 0 Å². The summed E-state index contributed by atoms with van der Waals surface area (Å²) < 4.78 is 5.16. The maximum Gasteiger partial charge on any atom is 0.255 e. The Hall–Kier alpha value is -2.63. The van der Waals surface area contributed by atoms with Gasteiger partial charge >= 0.3 is 0 Å². The van der Waals surface area contributed by atoms with Crippen LogP contribution in [0.25, 0.3) is 0 Å². The van der Waals surface area contributed by atoms with E-state index in [-0.39, 0.29) is 11.9 Å². The van der Waals surface area contributed by atoms with Gasteiger partial charge in [-0.2, -0.15) is 0 Å². The van der Waals surface area contributed by atoms with Gasteiger partial charge in [0.2, 0.25) is 5.95 Å². The average Bonchev–Trinajstić information content (AvgIpc) is 3.16. The van der Waals surface area contributed by atoms with E-state index in [2.05, 4.69) is 20.2 Å². The van der Waals surface area contributed by atoms with E-state index in [0.717, 1.165) is 30.4 Å². The van der Waals surface area contributed by atoms with E-state index in [1.165, 1.54) is 12.8 Å². The molecular weight excluding hydrogens is 316 g/mol. The number of benzene rings is 1. The predicted octanol–water partition coefficient (Wildman–Crippen LogP) is 2.88. The lowest BCUT2D eigenvalue weighted by molar-refractivity contribution is 0.0938. The largest absolute Gasteiger partial charge is 0.497 e. The number of aryl methyl sites for hydroxylation is 1. The highest BCUT2D eigenvalue weighted by Gasteiger charge is 2.19. The number of aromatic nitrogens is 2. The number of ether oxygens (including phenoxy) is 1. The van der Waals surface area contributed by atoms with Gasteiger partial charge in [-0.15, -0.1) is 0 Å². The quantitative estimate of drug-likeness (QED) is 0.906. The molecule has 0 aliphatic carbocycles. The van der Waals surface area contributed by atoms with E-state index in [4.69, 9.17) is 4.74 Å². The fraction of sp³-hybridized carbons (Fsp3) is 0.421. The number of methoxy groups -OCH3 is 1. The van der Waals surface area contributed by atoms with Crippen molar-refractivity contribution in [2.45, 2.75) is 32.7 Å². The molecule has 1 saturated heterocycles. The van der Waals surface area contributed by atoms with Crippen LogP contribution in [0.3, 0.4) is 0 Å². The monoisotopic (exact) mass is 340 g/mol. The zero-order chi connectivity index (χ0) is 17.8. The molecule has 1 aliphatic heterocycles. The van der Waals surface area contributed by atoms with Crippen LogP contribution in [0.5, 0.6) is 5.75 Å². The molecule has 1 N–H and O–H groups in total. The molecule has 2 heterocycles. The molecule has 0 radical (unpaired) electrons. The van der Waals surface area contributed by atoms with Gasteiger partial charge in [0.05, 0.1) is 24.4 Å². The van der Waals surface area contributed by atoms with E-state index < -0.39 is 0 Å². The molecule has 0 bridgehead atoms. The van der Waals surface area contributed by atoms with Crippen molar-refractivity contribution < 1.29 is 9.53 Å². The Kier molecular flexibility index (Phi) is 5.16. The minimum absolute atomic E-state index is 0.115. The highest BCUT2D eigenvalue weighted by molar-refractivity contribution is 5.95. The van der Waals surface area contributed by atoms with Crippen LogP contribution in [0.4, 0.5) is 5.95 Å². The zero-order valence-corrected chi connectivity index (χ0v) is 15.0. The molecule has 1 aromatic heterocycles. The van der Waals surface area contributed by atoms with Crippen molar-refractivity contribution in [1.82, 2.24) is 15.3 Å². The topological polar surface area (TPSA) is 67.3 Å². The number of anilines is 1. The number of rotatable bonds is 5. The van der Waals surface area contributed by atoms with Crippen molar-refractivity contribution >= 4 is 11.9 Å². The third-order valence-corrected chi connectivity index (χ3v) is 4.56. The first-order valence-electron chi connectivity index (χ1n) is 8.62.